The van der Waals surface area contributed by atoms with Crippen molar-refractivity contribution in [3.05, 3.63) is 29.6 Å². The van der Waals surface area contributed by atoms with Crippen LogP contribution in [-0.2, 0) is 10.0 Å². The molecule has 0 aliphatic carbocycles. The van der Waals surface area contributed by atoms with Crippen LogP contribution in [-0.4, -0.2) is 56.2 Å². The number of piperazine rings is 1. The largest absolute Gasteiger partial charge is 0.409 e. The van der Waals surface area contributed by atoms with Gasteiger partial charge in [0.05, 0.1) is 17.5 Å². The highest BCUT2D eigenvalue weighted by atomic mass is 32.2. The van der Waals surface area contributed by atoms with Gasteiger partial charge in [-0.15, -0.1) is 0 Å². The molecule has 21 heavy (non-hydrogen) atoms. The maximum Gasteiger partial charge on any atom is 0.211 e. The maximum atomic E-state index is 13.9. The summed E-state index contributed by atoms with van der Waals surface area (Å²) in [6, 6.07) is 4.41. The topological polar surface area (TPSA) is 99.2 Å². The van der Waals surface area contributed by atoms with Crippen LogP contribution in [0.1, 0.15) is 5.56 Å². The second-order valence-corrected chi connectivity index (χ2v) is 6.75. The molecule has 1 fully saturated rings. The van der Waals surface area contributed by atoms with Gasteiger partial charge in [-0.1, -0.05) is 11.2 Å². The van der Waals surface area contributed by atoms with Crippen LogP contribution in [0.2, 0.25) is 0 Å². The number of amidine groups is 1. The van der Waals surface area contributed by atoms with Gasteiger partial charge < -0.3 is 15.8 Å². The molecule has 0 aromatic heterocycles. The van der Waals surface area contributed by atoms with Crippen molar-refractivity contribution in [2.24, 2.45) is 10.9 Å². The van der Waals surface area contributed by atoms with Crippen LogP contribution in [0.4, 0.5) is 10.1 Å². The SMILES string of the molecule is CS(=O)(=O)N1CCN(c2cccc(F)c2C(N)=NO)CC1. The molecule has 1 saturated heterocycles. The molecule has 1 aliphatic rings. The van der Waals surface area contributed by atoms with Crippen LogP contribution in [0.15, 0.2) is 23.4 Å². The molecule has 3 N–H and O–H groups in total. The van der Waals surface area contributed by atoms with E-state index in [1.165, 1.54) is 16.4 Å². The predicted octanol–water partition coefficient (Wildman–Crippen LogP) is 0.00180. The van der Waals surface area contributed by atoms with Gasteiger partial charge in [0.15, 0.2) is 5.84 Å². The highest BCUT2D eigenvalue weighted by Gasteiger charge is 2.26. The van der Waals surface area contributed by atoms with Gasteiger partial charge in [-0.2, -0.15) is 4.31 Å². The Morgan fingerprint density at radius 2 is 1.95 bits per heavy atom. The number of benzene rings is 1. The molecule has 1 aliphatic heterocycles. The highest BCUT2D eigenvalue weighted by molar-refractivity contribution is 7.88. The summed E-state index contributed by atoms with van der Waals surface area (Å²) >= 11 is 0. The highest BCUT2D eigenvalue weighted by Crippen LogP contribution is 2.24. The van der Waals surface area contributed by atoms with Crippen molar-refractivity contribution in [3.8, 4) is 0 Å². The summed E-state index contributed by atoms with van der Waals surface area (Å²) in [7, 11) is -3.23. The smallest absolute Gasteiger partial charge is 0.211 e. The number of anilines is 1. The Labute approximate surface area is 122 Å². The summed E-state index contributed by atoms with van der Waals surface area (Å²) in [5.74, 6) is -0.901. The number of halogens is 1. The second-order valence-electron chi connectivity index (χ2n) is 4.77. The van der Waals surface area contributed by atoms with Gasteiger partial charge in [0, 0.05) is 26.2 Å². The van der Waals surface area contributed by atoms with Crippen LogP contribution < -0.4 is 10.6 Å². The third-order valence-electron chi connectivity index (χ3n) is 3.40. The summed E-state index contributed by atoms with van der Waals surface area (Å²) < 4.78 is 38.2. The third kappa shape index (κ3) is 3.24. The zero-order valence-electron chi connectivity index (χ0n) is 11.5. The molecule has 0 spiro atoms. The molecule has 1 heterocycles. The molecule has 0 amide bonds. The number of nitrogens with two attached hydrogens (primary N) is 1. The molecule has 2 rings (SSSR count). The Kier molecular flexibility index (Phi) is 4.33. The fourth-order valence-corrected chi connectivity index (χ4v) is 3.17. The normalized spacial score (nSPS) is 18.0. The van der Waals surface area contributed by atoms with E-state index in [1.807, 2.05) is 4.90 Å². The third-order valence-corrected chi connectivity index (χ3v) is 4.71. The van der Waals surface area contributed by atoms with E-state index in [2.05, 4.69) is 5.16 Å². The zero-order valence-corrected chi connectivity index (χ0v) is 12.3. The Bertz CT molecular complexity index is 654. The van der Waals surface area contributed by atoms with E-state index in [-0.39, 0.29) is 11.4 Å². The summed E-state index contributed by atoms with van der Waals surface area (Å²) in [5.41, 5.74) is 6.03. The Morgan fingerprint density at radius 1 is 1.33 bits per heavy atom. The van der Waals surface area contributed by atoms with Gasteiger partial charge in [-0.25, -0.2) is 12.8 Å². The van der Waals surface area contributed by atoms with Crippen LogP contribution in [0.3, 0.4) is 0 Å². The van der Waals surface area contributed by atoms with Crippen LogP contribution >= 0.6 is 0 Å². The van der Waals surface area contributed by atoms with Crippen molar-refractivity contribution < 1.29 is 18.0 Å². The van der Waals surface area contributed by atoms with E-state index in [0.717, 1.165) is 6.26 Å². The Hall–Kier alpha value is -1.87. The lowest BCUT2D eigenvalue weighted by Gasteiger charge is -2.35. The molecule has 0 radical (unpaired) electrons. The fraction of sp³-hybridized carbons (Fsp3) is 0.417. The maximum absolute atomic E-state index is 13.9. The fourth-order valence-electron chi connectivity index (χ4n) is 2.34. The molecule has 0 unspecified atom stereocenters. The lowest BCUT2D eigenvalue weighted by molar-refractivity contribution is 0.318. The van der Waals surface area contributed by atoms with Crippen LogP contribution in [0.5, 0.6) is 0 Å². The number of hydrogen-bond donors (Lipinski definition) is 2. The van der Waals surface area contributed by atoms with Gasteiger partial charge in [-0.05, 0) is 12.1 Å². The Balaban J connectivity index is 2.27. The van der Waals surface area contributed by atoms with Crippen molar-refractivity contribution in [2.45, 2.75) is 0 Å². The first-order chi connectivity index (χ1) is 9.84. The average molecular weight is 316 g/mol. The van der Waals surface area contributed by atoms with E-state index >= 15 is 0 Å². The quantitative estimate of drug-likeness (QED) is 0.354. The van der Waals surface area contributed by atoms with E-state index in [4.69, 9.17) is 10.9 Å². The standard InChI is InChI=1S/C12H17FN4O3S/c1-21(19,20)17-7-5-16(6-8-17)10-4-2-3-9(13)11(10)12(14)15-18/h2-4,18H,5-8H2,1H3,(H2,14,15). The summed E-state index contributed by atoms with van der Waals surface area (Å²) in [5, 5.41) is 11.6. The average Bonchev–Trinajstić information content (AvgIpc) is 2.45. The first-order valence-corrected chi connectivity index (χ1v) is 8.16. The minimum absolute atomic E-state index is 0.0211. The van der Waals surface area contributed by atoms with Crippen molar-refractivity contribution in [2.75, 3.05) is 37.3 Å². The second kappa shape index (κ2) is 5.86. The van der Waals surface area contributed by atoms with Gasteiger partial charge >= 0.3 is 0 Å². The summed E-state index contributed by atoms with van der Waals surface area (Å²) in [6.07, 6.45) is 1.16. The van der Waals surface area contributed by atoms with Crippen LogP contribution in [0, 0.1) is 5.82 Å². The van der Waals surface area contributed by atoms with Gasteiger partial charge in [0.1, 0.15) is 5.82 Å². The molecule has 7 nitrogen and oxygen atoms in total. The summed E-state index contributed by atoms with van der Waals surface area (Å²) in [6.45, 7) is 1.43. The molecule has 1 aromatic rings. The number of rotatable bonds is 3. The molecule has 0 saturated carbocycles. The minimum atomic E-state index is -3.23. The number of sulfonamides is 1. The van der Waals surface area contributed by atoms with Crippen molar-refractivity contribution >= 4 is 21.5 Å². The van der Waals surface area contributed by atoms with E-state index in [0.29, 0.717) is 31.9 Å². The Morgan fingerprint density at radius 3 is 2.48 bits per heavy atom. The molecule has 0 bridgehead atoms. The minimum Gasteiger partial charge on any atom is -0.409 e. The van der Waals surface area contributed by atoms with E-state index in [1.54, 1.807) is 6.07 Å². The molecular formula is C12H17FN4O3S. The van der Waals surface area contributed by atoms with Crippen LogP contribution in [0.25, 0.3) is 0 Å². The van der Waals surface area contributed by atoms with Crippen molar-refractivity contribution in [3.63, 3.8) is 0 Å². The molecule has 9 heteroatoms. The van der Waals surface area contributed by atoms with Crippen molar-refractivity contribution in [1.29, 1.82) is 0 Å². The number of oxime groups is 1. The number of hydrogen-bond acceptors (Lipinski definition) is 5. The van der Waals surface area contributed by atoms with Crippen molar-refractivity contribution in [1.82, 2.24) is 4.31 Å². The lowest BCUT2D eigenvalue weighted by atomic mass is 10.1. The zero-order chi connectivity index (χ0) is 15.6. The first kappa shape index (κ1) is 15.5. The molecule has 0 atom stereocenters. The monoisotopic (exact) mass is 316 g/mol. The molecular weight excluding hydrogens is 299 g/mol. The van der Waals surface area contributed by atoms with Gasteiger partial charge in [0.2, 0.25) is 10.0 Å². The summed E-state index contributed by atoms with van der Waals surface area (Å²) in [4.78, 5) is 1.82. The predicted molar refractivity (Wildman–Crippen MR) is 77.5 cm³/mol. The van der Waals surface area contributed by atoms with E-state index in [9.17, 15) is 12.8 Å². The molecule has 1 aromatic carbocycles. The molecule has 116 valence electrons. The first-order valence-electron chi connectivity index (χ1n) is 6.31. The van der Waals surface area contributed by atoms with Gasteiger partial charge in [-0.3, -0.25) is 0 Å². The van der Waals surface area contributed by atoms with E-state index < -0.39 is 15.8 Å². The van der Waals surface area contributed by atoms with Gasteiger partial charge in [0.25, 0.3) is 0 Å². The lowest BCUT2D eigenvalue weighted by Crippen LogP contribution is -2.48. The number of nitrogens with zero attached hydrogens (tertiary/aromatic N) is 3.